The first-order valence-corrected chi connectivity index (χ1v) is 7.43. The van der Waals surface area contributed by atoms with E-state index in [1.54, 1.807) is 12.3 Å². The van der Waals surface area contributed by atoms with Gasteiger partial charge in [-0.25, -0.2) is 13.5 Å². The van der Waals surface area contributed by atoms with Gasteiger partial charge in [-0.3, -0.25) is 4.98 Å². The molecule has 0 aliphatic carbocycles. The number of rotatable bonds is 2. The predicted molar refractivity (Wildman–Crippen MR) is 89.6 cm³/mol. The van der Waals surface area contributed by atoms with E-state index in [1.165, 1.54) is 10.2 Å². The maximum Gasteiger partial charge on any atom is 0.158 e. The first kappa shape index (κ1) is 13.9. The average Bonchev–Trinajstić information content (AvgIpc) is 2.93. The summed E-state index contributed by atoms with van der Waals surface area (Å²) in [7, 11) is 0. The molecule has 2 aromatic carbocycles. The van der Waals surface area contributed by atoms with Crippen molar-refractivity contribution in [2.24, 2.45) is 0 Å². The van der Waals surface area contributed by atoms with Crippen LogP contribution in [0.4, 0.5) is 4.39 Å². The number of nitrogens with zero attached hydrogens (tertiary/aromatic N) is 3. The molecule has 5 heteroatoms. The third kappa shape index (κ3) is 2.37. The van der Waals surface area contributed by atoms with Crippen molar-refractivity contribution in [3.05, 3.63) is 72.7 Å². The summed E-state index contributed by atoms with van der Waals surface area (Å²) < 4.78 is 16.0. The fourth-order valence-corrected chi connectivity index (χ4v) is 2.82. The van der Waals surface area contributed by atoms with Gasteiger partial charge >= 0.3 is 0 Å². The van der Waals surface area contributed by atoms with Gasteiger partial charge in [0.2, 0.25) is 0 Å². The van der Waals surface area contributed by atoms with Crippen LogP contribution in [-0.2, 0) is 0 Å². The van der Waals surface area contributed by atoms with Crippen LogP contribution in [0.15, 0.2) is 66.9 Å². The van der Waals surface area contributed by atoms with Crippen molar-refractivity contribution in [1.29, 1.82) is 0 Å². The Morgan fingerprint density at radius 3 is 2.52 bits per heavy atom. The molecule has 0 bridgehead atoms. The molecule has 112 valence electrons. The molecule has 4 aromatic rings. The molecule has 2 aromatic heterocycles. The van der Waals surface area contributed by atoms with E-state index in [1.807, 2.05) is 48.5 Å². The van der Waals surface area contributed by atoms with E-state index >= 15 is 0 Å². The molecular formula is C18H11ClFN3. The molecular weight excluding hydrogens is 313 g/mol. The van der Waals surface area contributed by atoms with Crippen LogP contribution in [0.2, 0.25) is 0 Å². The second-order valence-electron chi connectivity index (χ2n) is 5.11. The minimum absolute atomic E-state index is 0.357. The van der Waals surface area contributed by atoms with Crippen molar-refractivity contribution in [2.75, 3.05) is 0 Å². The van der Waals surface area contributed by atoms with Crippen LogP contribution in [0.5, 0.6) is 0 Å². The summed E-state index contributed by atoms with van der Waals surface area (Å²) in [6.07, 6.45) is 1.68. The van der Waals surface area contributed by atoms with Gasteiger partial charge in [-0.15, -0.1) is 0 Å². The Balaban J connectivity index is 1.84. The summed E-state index contributed by atoms with van der Waals surface area (Å²) in [5, 5.41) is 0. The number of aromatic nitrogens is 3. The Morgan fingerprint density at radius 1 is 0.957 bits per heavy atom. The standard InChI is InChI=1S/C18H11ClFN3/c19-23-17-7-2-1-6-16(17)22-18(23)13-9-8-12(11-14(13)20)15-5-3-4-10-21-15/h1-11H. The summed E-state index contributed by atoms with van der Waals surface area (Å²) in [5.41, 5.74) is 3.26. The number of halogens is 2. The highest BCUT2D eigenvalue weighted by Crippen LogP contribution is 2.30. The van der Waals surface area contributed by atoms with Crippen LogP contribution >= 0.6 is 11.8 Å². The second-order valence-corrected chi connectivity index (χ2v) is 5.45. The largest absolute Gasteiger partial charge is 0.256 e. The van der Waals surface area contributed by atoms with E-state index in [2.05, 4.69) is 9.97 Å². The van der Waals surface area contributed by atoms with Crippen LogP contribution in [0.1, 0.15) is 0 Å². The Morgan fingerprint density at radius 2 is 1.78 bits per heavy atom. The lowest BCUT2D eigenvalue weighted by Gasteiger charge is -2.05. The van der Waals surface area contributed by atoms with Gasteiger partial charge in [0.25, 0.3) is 0 Å². The molecule has 23 heavy (non-hydrogen) atoms. The molecule has 0 aliphatic rings. The molecule has 0 saturated heterocycles. The third-order valence-corrected chi connectivity index (χ3v) is 4.02. The normalized spacial score (nSPS) is 11.0. The van der Waals surface area contributed by atoms with Crippen LogP contribution in [0.25, 0.3) is 33.7 Å². The fourth-order valence-electron chi connectivity index (χ4n) is 2.55. The highest BCUT2D eigenvalue weighted by Gasteiger charge is 2.15. The lowest BCUT2D eigenvalue weighted by molar-refractivity contribution is 0.630. The number of fused-ring (bicyclic) bond motifs is 1. The number of hydrogen-bond donors (Lipinski definition) is 0. The smallest absolute Gasteiger partial charge is 0.158 e. The molecule has 0 spiro atoms. The van der Waals surface area contributed by atoms with E-state index < -0.39 is 0 Å². The number of benzene rings is 2. The minimum atomic E-state index is -0.384. The van der Waals surface area contributed by atoms with Gasteiger partial charge in [0.05, 0.1) is 22.3 Å². The molecule has 0 unspecified atom stereocenters. The Hall–Kier alpha value is -2.72. The summed E-state index contributed by atoms with van der Waals surface area (Å²) in [4.78, 5) is 8.65. The number of imidazole rings is 1. The van der Waals surface area contributed by atoms with Crippen molar-refractivity contribution in [3.8, 4) is 22.6 Å². The second kappa shape index (κ2) is 5.48. The lowest BCUT2D eigenvalue weighted by Crippen LogP contribution is -1.92. The molecule has 3 nitrogen and oxygen atoms in total. The van der Waals surface area contributed by atoms with E-state index in [0.717, 1.165) is 16.7 Å². The highest BCUT2D eigenvalue weighted by molar-refractivity contribution is 6.20. The fraction of sp³-hybridized carbons (Fsp3) is 0. The average molecular weight is 324 g/mol. The molecule has 0 fully saturated rings. The van der Waals surface area contributed by atoms with Crippen LogP contribution in [-0.4, -0.2) is 14.1 Å². The SMILES string of the molecule is Fc1cc(-c2ccccn2)ccc1-c1nc2ccccc2n1Cl. The van der Waals surface area contributed by atoms with Crippen molar-refractivity contribution < 1.29 is 4.39 Å². The van der Waals surface area contributed by atoms with Gasteiger partial charge in [0.15, 0.2) is 5.82 Å². The van der Waals surface area contributed by atoms with Crippen molar-refractivity contribution in [1.82, 2.24) is 14.1 Å². The van der Waals surface area contributed by atoms with Gasteiger partial charge in [-0.2, -0.15) is 0 Å². The van der Waals surface area contributed by atoms with E-state index in [-0.39, 0.29) is 5.82 Å². The molecule has 0 atom stereocenters. The minimum Gasteiger partial charge on any atom is -0.256 e. The van der Waals surface area contributed by atoms with Crippen molar-refractivity contribution in [2.45, 2.75) is 0 Å². The molecule has 0 amide bonds. The zero-order valence-electron chi connectivity index (χ0n) is 11.9. The predicted octanol–water partition coefficient (Wildman–Crippen LogP) is 4.91. The van der Waals surface area contributed by atoms with Crippen LogP contribution < -0.4 is 0 Å². The first-order chi connectivity index (χ1) is 11.2. The van der Waals surface area contributed by atoms with E-state index in [0.29, 0.717) is 17.0 Å². The van der Waals surface area contributed by atoms with E-state index in [9.17, 15) is 4.39 Å². The van der Waals surface area contributed by atoms with Crippen molar-refractivity contribution in [3.63, 3.8) is 0 Å². The van der Waals surface area contributed by atoms with Gasteiger partial charge < -0.3 is 0 Å². The summed E-state index contributed by atoms with van der Waals surface area (Å²) in [6, 6.07) is 17.9. The molecule has 4 rings (SSSR count). The van der Waals surface area contributed by atoms with Crippen molar-refractivity contribution >= 4 is 22.8 Å². The molecule has 0 radical (unpaired) electrons. The maximum absolute atomic E-state index is 14.6. The molecule has 0 aliphatic heterocycles. The van der Waals surface area contributed by atoms with E-state index in [4.69, 9.17) is 11.8 Å². The molecule has 2 heterocycles. The number of pyridine rings is 1. The maximum atomic E-state index is 14.6. The third-order valence-electron chi connectivity index (χ3n) is 3.68. The zero-order valence-corrected chi connectivity index (χ0v) is 12.7. The van der Waals surface area contributed by atoms with Crippen LogP contribution in [0, 0.1) is 5.82 Å². The quantitative estimate of drug-likeness (QED) is 0.525. The van der Waals surface area contributed by atoms with Gasteiger partial charge in [0.1, 0.15) is 5.82 Å². The first-order valence-electron chi connectivity index (χ1n) is 7.09. The summed E-state index contributed by atoms with van der Waals surface area (Å²) >= 11 is 6.30. The Kier molecular flexibility index (Phi) is 3.32. The Bertz CT molecular complexity index is 996. The Labute approximate surface area is 137 Å². The van der Waals surface area contributed by atoms with Gasteiger partial charge in [-0.1, -0.05) is 24.3 Å². The van der Waals surface area contributed by atoms with Crippen LogP contribution in [0.3, 0.4) is 0 Å². The molecule has 0 N–H and O–H groups in total. The molecule has 0 saturated carbocycles. The van der Waals surface area contributed by atoms with Gasteiger partial charge in [-0.05, 0) is 36.4 Å². The number of hydrogen-bond acceptors (Lipinski definition) is 2. The highest BCUT2D eigenvalue weighted by atomic mass is 35.5. The zero-order chi connectivity index (χ0) is 15.8. The number of para-hydroxylation sites is 2. The van der Waals surface area contributed by atoms with Gasteiger partial charge in [0, 0.05) is 23.5 Å². The summed E-state index contributed by atoms with van der Waals surface area (Å²) in [6.45, 7) is 0. The monoisotopic (exact) mass is 323 g/mol. The lowest BCUT2D eigenvalue weighted by atomic mass is 10.1. The topological polar surface area (TPSA) is 30.7 Å². The summed E-state index contributed by atoms with van der Waals surface area (Å²) in [5.74, 6) is 0.00305.